The van der Waals surface area contributed by atoms with Gasteiger partial charge in [0.1, 0.15) is 23.0 Å². The van der Waals surface area contributed by atoms with Gasteiger partial charge in [-0.15, -0.1) is 11.3 Å². The van der Waals surface area contributed by atoms with Crippen molar-refractivity contribution >= 4 is 39.9 Å². The lowest BCUT2D eigenvalue weighted by atomic mass is 10.3. The van der Waals surface area contributed by atoms with Gasteiger partial charge in [-0.1, -0.05) is 11.6 Å². The third-order valence-corrected chi connectivity index (χ3v) is 4.71. The molecule has 152 valence electrons. The summed E-state index contributed by atoms with van der Waals surface area (Å²) in [7, 11) is 0. The molecule has 3 aromatic rings. The lowest BCUT2D eigenvalue weighted by molar-refractivity contribution is -0.119. The molecule has 1 aromatic carbocycles. The second kappa shape index (κ2) is 9.53. The van der Waals surface area contributed by atoms with Gasteiger partial charge in [-0.25, -0.2) is 9.37 Å². The number of thiazole rings is 1. The second-order valence-electron chi connectivity index (χ2n) is 5.93. The van der Waals surface area contributed by atoms with Gasteiger partial charge in [-0.05, 0) is 30.3 Å². The van der Waals surface area contributed by atoms with Gasteiger partial charge >= 0.3 is 0 Å². The molecule has 0 aliphatic rings. The predicted molar refractivity (Wildman–Crippen MR) is 107 cm³/mol. The van der Waals surface area contributed by atoms with Crippen LogP contribution in [0.5, 0.6) is 5.75 Å². The average molecular weight is 438 g/mol. The molecule has 0 fully saturated rings. The minimum Gasteiger partial charge on any atom is -0.491 e. The molecule has 2 amide bonds. The van der Waals surface area contributed by atoms with Crippen LogP contribution in [0.25, 0.3) is 11.5 Å². The van der Waals surface area contributed by atoms with E-state index in [-0.39, 0.29) is 29.9 Å². The Hall–Kier alpha value is -2.91. The van der Waals surface area contributed by atoms with Gasteiger partial charge in [0.25, 0.3) is 0 Å². The standard InChI is InChI=1S/C19H17ClFN3O4S/c1-11(25)22-9-13-3-5-17(28-13)15-10-29-19(23-15)24-18(26)6-7-27-16-4-2-12(21)8-14(16)20/h2-5,8,10H,6-7,9H2,1H3,(H,22,25)(H,23,24,26). The quantitative estimate of drug-likeness (QED) is 0.549. The van der Waals surface area contributed by atoms with E-state index in [0.717, 1.165) is 6.07 Å². The molecule has 0 unspecified atom stereocenters. The first kappa shape index (κ1) is 20.8. The van der Waals surface area contributed by atoms with Crippen LogP contribution in [0.2, 0.25) is 5.02 Å². The number of carbonyl (C=O) groups excluding carboxylic acids is 2. The van der Waals surface area contributed by atoms with Gasteiger partial charge < -0.3 is 19.8 Å². The Morgan fingerprint density at radius 3 is 2.90 bits per heavy atom. The lowest BCUT2D eigenvalue weighted by Crippen LogP contribution is -2.18. The number of furan rings is 1. The highest BCUT2D eigenvalue weighted by molar-refractivity contribution is 7.14. The Balaban J connectivity index is 1.49. The van der Waals surface area contributed by atoms with Crippen molar-refractivity contribution in [1.29, 1.82) is 0 Å². The molecule has 3 rings (SSSR count). The van der Waals surface area contributed by atoms with Gasteiger partial charge in [0, 0.05) is 12.3 Å². The maximum absolute atomic E-state index is 13.0. The summed E-state index contributed by atoms with van der Waals surface area (Å²) in [5.74, 6) is 0.563. The van der Waals surface area contributed by atoms with Crippen molar-refractivity contribution in [2.75, 3.05) is 11.9 Å². The molecule has 0 bridgehead atoms. The molecule has 0 radical (unpaired) electrons. The highest BCUT2D eigenvalue weighted by Crippen LogP contribution is 2.27. The lowest BCUT2D eigenvalue weighted by Gasteiger charge is -2.07. The number of nitrogens with zero attached hydrogens (tertiary/aromatic N) is 1. The summed E-state index contributed by atoms with van der Waals surface area (Å²) in [4.78, 5) is 27.3. The van der Waals surface area contributed by atoms with E-state index in [9.17, 15) is 14.0 Å². The summed E-state index contributed by atoms with van der Waals surface area (Å²) in [6, 6.07) is 7.28. The van der Waals surface area contributed by atoms with E-state index in [2.05, 4.69) is 15.6 Å². The zero-order valence-corrected chi connectivity index (χ0v) is 16.9. The van der Waals surface area contributed by atoms with Crippen molar-refractivity contribution in [3.05, 3.63) is 52.3 Å². The Bertz CT molecular complexity index is 1020. The van der Waals surface area contributed by atoms with Gasteiger partial charge in [0.05, 0.1) is 24.6 Å². The van der Waals surface area contributed by atoms with E-state index in [0.29, 0.717) is 34.6 Å². The van der Waals surface area contributed by atoms with Crippen molar-refractivity contribution < 1.29 is 23.1 Å². The number of benzene rings is 1. The molecule has 0 saturated carbocycles. The van der Waals surface area contributed by atoms with Crippen LogP contribution in [-0.4, -0.2) is 23.4 Å². The SMILES string of the molecule is CC(=O)NCc1ccc(-c2csc(NC(=O)CCOc3ccc(F)cc3Cl)n2)o1. The summed E-state index contributed by atoms with van der Waals surface area (Å²) >= 11 is 7.13. The molecule has 0 aliphatic carbocycles. The van der Waals surface area contributed by atoms with E-state index >= 15 is 0 Å². The summed E-state index contributed by atoms with van der Waals surface area (Å²) in [5.41, 5.74) is 0.578. The number of nitrogens with one attached hydrogen (secondary N) is 2. The van der Waals surface area contributed by atoms with Crippen molar-refractivity contribution in [2.45, 2.75) is 19.9 Å². The fraction of sp³-hybridized carbons (Fsp3) is 0.211. The maximum Gasteiger partial charge on any atom is 0.229 e. The van der Waals surface area contributed by atoms with E-state index in [1.54, 1.807) is 17.5 Å². The summed E-state index contributed by atoms with van der Waals surface area (Å²) < 4.78 is 24.0. The monoisotopic (exact) mass is 437 g/mol. The number of aromatic nitrogens is 1. The molecule has 2 N–H and O–H groups in total. The van der Waals surface area contributed by atoms with E-state index in [1.165, 1.54) is 30.4 Å². The second-order valence-corrected chi connectivity index (χ2v) is 7.20. The van der Waals surface area contributed by atoms with E-state index in [1.807, 2.05) is 0 Å². The number of amides is 2. The van der Waals surface area contributed by atoms with Crippen molar-refractivity contribution in [2.24, 2.45) is 0 Å². The molecule has 0 saturated heterocycles. The normalized spacial score (nSPS) is 10.6. The third kappa shape index (κ3) is 6.03. The number of anilines is 1. The zero-order valence-electron chi connectivity index (χ0n) is 15.3. The Morgan fingerprint density at radius 2 is 2.14 bits per heavy atom. The number of rotatable bonds is 8. The molecule has 29 heavy (non-hydrogen) atoms. The molecule has 0 spiro atoms. The molecular formula is C19H17ClFN3O4S. The Morgan fingerprint density at radius 1 is 1.31 bits per heavy atom. The van der Waals surface area contributed by atoms with Crippen LogP contribution in [0, 0.1) is 5.82 Å². The Labute approximate surface area is 174 Å². The first-order chi connectivity index (χ1) is 13.9. The smallest absolute Gasteiger partial charge is 0.229 e. The van der Waals surface area contributed by atoms with Crippen LogP contribution in [-0.2, 0) is 16.1 Å². The number of ether oxygens (including phenoxy) is 1. The zero-order chi connectivity index (χ0) is 20.8. The first-order valence-electron chi connectivity index (χ1n) is 8.57. The van der Waals surface area contributed by atoms with Crippen LogP contribution in [0.4, 0.5) is 9.52 Å². The molecule has 0 atom stereocenters. The van der Waals surface area contributed by atoms with Crippen LogP contribution in [0.3, 0.4) is 0 Å². The van der Waals surface area contributed by atoms with Gasteiger partial charge in [0.2, 0.25) is 11.8 Å². The van der Waals surface area contributed by atoms with Crippen molar-refractivity contribution in [3.63, 3.8) is 0 Å². The van der Waals surface area contributed by atoms with Crippen LogP contribution < -0.4 is 15.4 Å². The van der Waals surface area contributed by atoms with Crippen molar-refractivity contribution in [3.8, 4) is 17.2 Å². The first-order valence-corrected chi connectivity index (χ1v) is 9.83. The highest BCUT2D eigenvalue weighted by Gasteiger charge is 2.12. The molecule has 0 aliphatic heterocycles. The topological polar surface area (TPSA) is 93.5 Å². The van der Waals surface area contributed by atoms with Crippen LogP contribution in [0.1, 0.15) is 19.1 Å². The molecule has 2 aromatic heterocycles. The average Bonchev–Trinajstić information content (AvgIpc) is 3.31. The number of hydrogen-bond acceptors (Lipinski definition) is 6. The summed E-state index contributed by atoms with van der Waals surface area (Å²) in [6.07, 6.45) is 0.0736. The minimum absolute atomic E-state index is 0.0736. The van der Waals surface area contributed by atoms with Crippen molar-refractivity contribution in [1.82, 2.24) is 10.3 Å². The third-order valence-electron chi connectivity index (χ3n) is 3.66. The summed E-state index contributed by atoms with van der Waals surface area (Å²) in [5, 5.41) is 7.66. The fourth-order valence-corrected chi connectivity index (χ4v) is 3.23. The molecule has 7 nitrogen and oxygen atoms in total. The molecular weight excluding hydrogens is 421 g/mol. The van der Waals surface area contributed by atoms with E-state index in [4.69, 9.17) is 20.8 Å². The highest BCUT2D eigenvalue weighted by atomic mass is 35.5. The van der Waals surface area contributed by atoms with Gasteiger partial charge in [-0.3, -0.25) is 9.59 Å². The fourth-order valence-electron chi connectivity index (χ4n) is 2.29. The Kier molecular flexibility index (Phi) is 6.84. The largest absolute Gasteiger partial charge is 0.491 e. The number of halogens is 2. The van der Waals surface area contributed by atoms with E-state index < -0.39 is 5.82 Å². The minimum atomic E-state index is -0.460. The molecule has 10 heteroatoms. The van der Waals surface area contributed by atoms with Gasteiger partial charge in [-0.2, -0.15) is 0 Å². The number of carbonyl (C=O) groups is 2. The van der Waals surface area contributed by atoms with Crippen LogP contribution >= 0.6 is 22.9 Å². The van der Waals surface area contributed by atoms with Gasteiger partial charge in [0.15, 0.2) is 10.9 Å². The van der Waals surface area contributed by atoms with Crippen LogP contribution in [0.15, 0.2) is 40.1 Å². The molecule has 2 heterocycles. The predicted octanol–water partition coefficient (Wildman–Crippen LogP) is 4.24. The maximum atomic E-state index is 13.0. The number of hydrogen-bond donors (Lipinski definition) is 2. The summed E-state index contributed by atoms with van der Waals surface area (Å²) in [6.45, 7) is 1.81.